The van der Waals surface area contributed by atoms with Crippen LogP contribution in [0.2, 0.25) is 0 Å². The lowest BCUT2D eigenvalue weighted by molar-refractivity contribution is -0.146. The molecule has 106 valence electrons. The Balaban J connectivity index is 2.79. The minimum atomic E-state index is -3.35. The third kappa shape index (κ3) is 3.95. The summed E-state index contributed by atoms with van der Waals surface area (Å²) < 4.78 is 30.5. The Kier molecular flexibility index (Phi) is 5.59. The summed E-state index contributed by atoms with van der Waals surface area (Å²) in [5.74, 6) is 0.00185. The second kappa shape index (κ2) is 6.52. The molecule has 0 aromatic heterocycles. The van der Waals surface area contributed by atoms with E-state index in [1.165, 1.54) is 11.4 Å². The van der Waals surface area contributed by atoms with Gasteiger partial charge in [0.1, 0.15) is 6.04 Å². The van der Waals surface area contributed by atoms with E-state index in [1.807, 2.05) is 13.8 Å². The summed E-state index contributed by atoms with van der Waals surface area (Å²) in [5, 5.41) is 0. The third-order valence-electron chi connectivity index (χ3n) is 3.24. The summed E-state index contributed by atoms with van der Waals surface area (Å²) in [7, 11) is -2.05. The van der Waals surface area contributed by atoms with Gasteiger partial charge < -0.3 is 4.74 Å². The monoisotopic (exact) mass is 277 g/mol. The Morgan fingerprint density at radius 3 is 2.61 bits per heavy atom. The summed E-state index contributed by atoms with van der Waals surface area (Å²) in [5.41, 5.74) is 0. The molecule has 0 bridgehead atoms. The van der Waals surface area contributed by atoms with E-state index in [-0.39, 0.29) is 5.75 Å². The molecule has 0 aromatic carbocycles. The van der Waals surface area contributed by atoms with E-state index >= 15 is 0 Å². The molecule has 1 rings (SSSR count). The van der Waals surface area contributed by atoms with Gasteiger partial charge >= 0.3 is 5.97 Å². The summed E-state index contributed by atoms with van der Waals surface area (Å²) >= 11 is 0. The van der Waals surface area contributed by atoms with Gasteiger partial charge in [0, 0.05) is 6.54 Å². The first kappa shape index (κ1) is 15.4. The topological polar surface area (TPSA) is 63.7 Å². The lowest BCUT2D eigenvalue weighted by Gasteiger charge is -2.32. The molecule has 6 heteroatoms. The summed E-state index contributed by atoms with van der Waals surface area (Å²) in [4.78, 5) is 11.6. The van der Waals surface area contributed by atoms with Gasteiger partial charge in [-0.2, -0.15) is 4.31 Å². The Bertz CT molecular complexity index is 378. The van der Waals surface area contributed by atoms with Crippen LogP contribution in [0.1, 0.15) is 39.5 Å². The van der Waals surface area contributed by atoms with Crippen molar-refractivity contribution >= 4 is 16.0 Å². The number of ether oxygens (including phenoxy) is 1. The number of methoxy groups -OCH3 is 1. The molecule has 0 radical (unpaired) electrons. The van der Waals surface area contributed by atoms with E-state index in [2.05, 4.69) is 0 Å². The van der Waals surface area contributed by atoms with Crippen molar-refractivity contribution in [2.45, 2.75) is 45.6 Å². The molecule has 5 nitrogen and oxygen atoms in total. The van der Waals surface area contributed by atoms with Crippen molar-refractivity contribution in [2.75, 3.05) is 19.4 Å². The van der Waals surface area contributed by atoms with Crippen LogP contribution in [0.25, 0.3) is 0 Å². The molecule has 1 saturated heterocycles. The maximum absolute atomic E-state index is 12.2. The standard InChI is InChI=1S/C12H23NO4S/c1-10(2)7-9-18(15,16)13-8-5-4-6-11(13)12(14)17-3/h10-11H,4-9H2,1-3H3/t11-/m1/s1. The smallest absolute Gasteiger partial charge is 0.324 e. The van der Waals surface area contributed by atoms with Gasteiger partial charge in [-0.15, -0.1) is 0 Å². The lowest BCUT2D eigenvalue weighted by Crippen LogP contribution is -2.49. The maximum Gasteiger partial charge on any atom is 0.324 e. The SMILES string of the molecule is COC(=O)[C@H]1CCCCN1S(=O)(=O)CCC(C)C. The molecule has 0 aliphatic carbocycles. The zero-order valence-corrected chi connectivity index (χ0v) is 12.2. The molecule has 0 aromatic rings. The fourth-order valence-electron chi connectivity index (χ4n) is 2.11. The van der Waals surface area contributed by atoms with Crippen LogP contribution in [0.5, 0.6) is 0 Å². The molecule has 0 unspecified atom stereocenters. The predicted molar refractivity (Wildman–Crippen MR) is 69.6 cm³/mol. The fraction of sp³-hybridized carbons (Fsp3) is 0.917. The van der Waals surface area contributed by atoms with Crippen LogP contribution in [0, 0.1) is 5.92 Å². The molecule has 0 spiro atoms. The van der Waals surface area contributed by atoms with Crippen molar-refractivity contribution in [3.8, 4) is 0 Å². The number of piperidine rings is 1. The quantitative estimate of drug-likeness (QED) is 0.712. The Labute approximate surface area is 110 Å². The third-order valence-corrected chi connectivity index (χ3v) is 5.14. The van der Waals surface area contributed by atoms with Gasteiger partial charge in [0.25, 0.3) is 0 Å². The largest absolute Gasteiger partial charge is 0.468 e. The molecule has 1 aliphatic heterocycles. The number of carbonyl (C=O) groups is 1. The lowest BCUT2D eigenvalue weighted by atomic mass is 10.1. The van der Waals surface area contributed by atoms with Crippen LogP contribution in [-0.4, -0.2) is 44.1 Å². The van der Waals surface area contributed by atoms with E-state index in [1.54, 1.807) is 0 Å². The first-order valence-electron chi connectivity index (χ1n) is 6.46. The predicted octanol–water partition coefficient (Wildman–Crippen LogP) is 1.39. The number of sulfonamides is 1. The highest BCUT2D eigenvalue weighted by molar-refractivity contribution is 7.89. The van der Waals surface area contributed by atoms with E-state index in [9.17, 15) is 13.2 Å². The van der Waals surface area contributed by atoms with Crippen molar-refractivity contribution in [3.05, 3.63) is 0 Å². The number of hydrogen-bond donors (Lipinski definition) is 0. The Morgan fingerprint density at radius 2 is 2.06 bits per heavy atom. The fourth-order valence-corrected chi connectivity index (χ4v) is 4.10. The first-order chi connectivity index (χ1) is 8.38. The Hall–Kier alpha value is -0.620. The molecule has 18 heavy (non-hydrogen) atoms. The highest BCUT2D eigenvalue weighted by Crippen LogP contribution is 2.22. The van der Waals surface area contributed by atoms with E-state index < -0.39 is 22.0 Å². The molecule has 1 heterocycles. The van der Waals surface area contributed by atoms with Crippen LogP contribution in [0.15, 0.2) is 0 Å². The molecule has 1 atom stereocenters. The maximum atomic E-state index is 12.2. The molecule has 0 N–H and O–H groups in total. The van der Waals surface area contributed by atoms with E-state index in [0.717, 1.165) is 12.8 Å². The van der Waals surface area contributed by atoms with Crippen LogP contribution < -0.4 is 0 Å². The average Bonchev–Trinajstić information content (AvgIpc) is 2.35. The van der Waals surface area contributed by atoms with Crippen molar-refractivity contribution in [3.63, 3.8) is 0 Å². The van der Waals surface area contributed by atoms with Crippen LogP contribution in [0.3, 0.4) is 0 Å². The van der Waals surface area contributed by atoms with Crippen LogP contribution >= 0.6 is 0 Å². The van der Waals surface area contributed by atoms with Gasteiger partial charge in [-0.25, -0.2) is 8.42 Å². The summed E-state index contributed by atoms with van der Waals surface area (Å²) in [6, 6.07) is -0.624. The molecule has 1 aliphatic rings. The first-order valence-corrected chi connectivity index (χ1v) is 8.06. The Morgan fingerprint density at radius 1 is 1.39 bits per heavy atom. The summed E-state index contributed by atoms with van der Waals surface area (Å²) in [6.45, 7) is 4.41. The van der Waals surface area contributed by atoms with Crippen molar-refractivity contribution < 1.29 is 17.9 Å². The van der Waals surface area contributed by atoms with Gasteiger partial charge in [-0.1, -0.05) is 13.8 Å². The molecule has 0 amide bonds. The number of hydrogen-bond acceptors (Lipinski definition) is 4. The van der Waals surface area contributed by atoms with Gasteiger partial charge in [0.15, 0.2) is 0 Å². The second-order valence-electron chi connectivity index (χ2n) is 5.14. The number of rotatable bonds is 5. The zero-order valence-electron chi connectivity index (χ0n) is 11.4. The van der Waals surface area contributed by atoms with Crippen molar-refractivity contribution in [1.82, 2.24) is 4.31 Å². The number of carbonyl (C=O) groups excluding carboxylic acids is 1. The van der Waals surface area contributed by atoms with Gasteiger partial charge in [-0.05, 0) is 31.6 Å². The van der Waals surface area contributed by atoms with E-state index in [0.29, 0.717) is 25.3 Å². The van der Waals surface area contributed by atoms with E-state index in [4.69, 9.17) is 4.74 Å². The van der Waals surface area contributed by atoms with Crippen LogP contribution in [0.4, 0.5) is 0 Å². The normalized spacial score (nSPS) is 22.1. The van der Waals surface area contributed by atoms with Gasteiger partial charge in [0.05, 0.1) is 12.9 Å². The highest BCUT2D eigenvalue weighted by atomic mass is 32.2. The minimum absolute atomic E-state index is 0.109. The number of nitrogens with zero attached hydrogens (tertiary/aromatic N) is 1. The minimum Gasteiger partial charge on any atom is -0.468 e. The van der Waals surface area contributed by atoms with Gasteiger partial charge in [-0.3, -0.25) is 4.79 Å². The van der Waals surface area contributed by atoms with Crippen LogP contribution in [-0.2, 0) is 19.6 Å². The van der Waals surface area contributed by atoms with Crippen molar-refractivity contribution in [2.24, 2.45) is 5.92 Å². The second-order valence-corrected chi connectivity index (χ2v) is 7.19. The molecular formula is C12H23NO4S. The average molecular weight is 277 g/mol. The molecule has 0 saturated carbocycles. The highest BCUT2D eigenvalue weighted by Gasteiger charge is 2.36. The summed E-state index contributed by atoms with van der Waals surface area (Å²) in [6.07, 6.45) is 2.87. The number of esters is 1. The zero-order chi connectivity index (χ0) is 13.8. The van der Waals surface area contributed by atoms with Gasteiger partial charge in [0.2, 0.25) is 10.0 Å². The molecular weight excluding hydrogens is 254 g/mol. The molecule has 1 fully saturated rings. The van der Waals surface area contributed by atoms with Crippen molar-refractivity contribution in [1.29, 1.82) is 0 Å².